The minimum atomic E-state index is 0.0566. The van der Waals surface area contributed by atoms with Crippen LogP contribution in [0.5, 0.6) is 5.75 Å². The second-order valence-corrected chi connectivity index (χ2v) is 7.38. The van der Waals surface area contributed by atoms with E-state index >= 15 is 0 Å². The van der Waals surface area contributed by atoms with Gasteiger partial charge < -0.3 is 10.1 Å². The number of nitrogens with one attached hydrogen (secondary N) is 1. The predicted octanol–water partition coefficient (Wildman–Crippen LogP) is 5.45. The van der Waals surface area contributed by atoms with E-state index in [1.807, 2.05) is 53.9 Å². The maximum absolute atomic E-state index is 12.0. The van der Waals surface area contributed by atoms with Crippen molar-refractivity contribution in [1.82, 2.24) is 0 Å². The van der Waals surface area contributed by atoms with Gasteiger partial charge in [-0.2, -0.15) is 0 Å². The average molecular weight is 370 g/mol. The van der Waals surface area contributed by atoms with Crippen molar-refractivity contribution in [1.29, 1.82) is 0 Å². The standard InChI is InChI=1S/C20H16ClNO2S/c21-15-5-1-3-13(9-15)12-24-16-6-2-4-14(10-16)17-11-19(23)22-18-7-8-25-20(17)18/h1-10,17H,11-12H2,(H,22,23). The lowest BCUT2D eigenvalue weighted by molar-refractivity contribution is -0.116. The Balaban J connectivity index is 1.55. The fourth-order valence-electron chi connectivity index (χ4n) is 3.06. The number of ether oxygens (including phenoxy) is 1. The quantitative estimate of drug-likeness (QED) is 0.663. The molecule has 0 bridgehead atoms. The van der Waals surface area contributed by atoms with Crippen LogP contribution in [0.3, 0.4) is 0 Å². The third-order valence-electron chi connectivity index (χ3n) is 4.23. The van der Waals surface area contributed by atoms with Gasteiger partial charge in [-0.15, -0.1) is 11.3 Å². The van der Waals surface area contributed by atoms with Crippen LogP contribution in [0, 0.1) is 0 Å². The highest BCUT2D eigenvalue weighted by Crippen LogP contribution is 2.41. The van der Waals surface area contributed by atoms with Gasteiger partial charge in [0, 0.05) is 22.2 Å². The van der Waals surface area contributed by atoms with Crippen LogP contribution in [-0.2, 0) is 11.4 Å². The van der Waals surface area contributed by atoms with Gasteiger partial charge >= 0.3 is 0 Å². The molecule has 0 spiro atoms. The molecule has 3 aromatic rings. The summed E-state index contributed by atoms with van der Waals surface area (Å²) in [5.74, 6) is 0.932. The summed E-state index contributed by atoms with van der Waals surface area (Å²) in [5.41, 5.74) is 3.05. The van der Waals surface area contributed by atoms with E-state index in [0.29, 0.717) is 18.1 Å². The zero-order valence-corrected chi connectivity index (χ0v) is 14.9. The van der Waals surface area contributed by atoms with Crippen LogP contribution in [0.15, 0.2) is 60.0 Å². The van der Waals surface area contributed by atoms with E-state index in [9.17, 15) is 4.79 Å². The predicted molar refractivity (Wildman–Crippen MR) is 102 cm³/mol. The minimum Gasteiger partial charge on any atom is -0.489 e. The van der Waals surface area contributed by atoms with Gasteiger partial charge in [0.15, 0.2) is 0 Å². The third-order valence-corrected chi connectivity index (χ3v) is 5.50. The molecule has 0 saturated carbocycles. The smallest absolute Gasteiger partial charge is 0.225 e. The van der Waals surface area contributed by atoms with E-state index in [1.54, 1.807) is 11.3 Å². The number of benzene rings is 2. The monoisotopic (exact) mass is 369 g/mol. The molecule has 5 heteroatoms. The molecule has 126 valence electrons. The van der Waals surface area contributed by atoms with E-state index < -0.39 is 0 Å². The number of rotatable bonds is 4. The van der Waals surface area contributed by atoms with Gasteiger partial charge in [0.2, 0.25) is 5.91 Å². The largest absolute Gasteiger partial charge is 0.489 e. The molecule has 1 unspecified atom stereocenters. The highest BCUT2D eigenvalue weighted by atomic mass is 35.5. The summed E-state index contributed by atoms with van der Waals surface area (Å²) < 4.78 is 5.92. The number of hydrogen-bond donors (Lipinski definition) is 1. The summed E-state index contributed by atoms with van der Waals surface area (Å²) in [6.45, 7) is 0.458. The molecule has 0 aliphatic carbocycles. The van der Waals surface area contributed by atoms with Gasteiger partial charge in [0.1, 0.15) is 12.4 Å². The third kappa shape index (κ3) is 3.55. The van der Waals surface area contributed by atoms with Gasteiger partial charge in [-0.3, -0.25) is 4.79 Å². The van der Waals surface area contributed by atoms with Crippen molar-refractivity contribution >= 4 is 34.5 Å². The van der Waals surface area contributed by atoms with Crippen LogP contribution in [-0.4, -0.2) is 5.91 Å². The second-order valence-electron chi connectivity index (χ2n) is 5.99. The highest BCUT2D eigenvalue weighted by Gasteiger charge is 2.27. The number of thiophene rings is 1. The second kappa shape index (κ2) is 6.90. The molecule has 1 aromatic heterocycles. The van der Waals surface area contributed by atoms with Gasteiger partial charge in [0.25, 0.3) is 0 Å². The first-order valence-electron chi connectivity index (χ1n) is 8.03. The van der Waals surface area contributed by atoms with Crippen LogP contribution in [0.2, 0.25) is 5.02 Å². The lowest BCUT2D eigenvalue weighted by Crippen LogP contribution is -2.21. The Morgan fingerprint density at radius 2 is 2.04 bits per heavy atom. The van der Waals surface area contributed by atoms with Crippen molar-refractivity contribution in [2.75, 3.05) is 5.32 Å². The summed E-state index contributed by atoms with van der Waals surface area (Å²) in [7, 11) is 0. The summed E-state index contributed by atoms with van der Waals surface area (Å²) in [6, 6.07) is 17.6. The van der Waals surface area contributed by atoms with Crippen LogP contribution in [0.1, 0.15) is 28.3 Å². The Bertz CT molecular complexity index is 921. The number of fused-ring (bicyclic) bond motifs is 1. The molecule has 0 saturated heterocycles. The Hall–Kier alpha value is -2.30. The summed E-state index contributed by atoms with van der Waals surface area (Å²) in [5, 5.41) is 5.65. The molecule has 3 nitrogen and oxygen atoms in total. The highest BCUT2D eigenvalue weighted by molar-refractivity contribution is 7.10. The Morgan fingerprint density at radius 3 is 2.92 bits per heavy atom. The maximum Gasteiger partial charge on any atom is 0.225 e. The molecule has 0 radical (unpaired) electrons. The Labute approximate surface area is 155 Å². The van der Waals surface area contributed by atoms with E-state index in [4.69, 9.17) is 16.3 Å². The number of carbonyl (C=O) groups excluding carboxylic acids is 1. The Kier molecular flexibility index (Phi) is 4.47. The molecule has 2 aromatic carbocycles. The molecular weight excluding hydrogens is 354 g/mol. The molecule has 1 N–H and O–H groups in total. The molecule has 1 aliphatic heterocycles. The zero-order chi connectivity index (χ0) is 17.2. The normalized spacial score (nSPS) is 16.2. The number of carbonyl (C=O) groups is 1. The number of anilines is 1. The molecule has 1 amide bonds. The average Bonchev–Trinajstić information content (AvgIpc) is 3.08. The van der Waals surface area contributed by atoms with Crippen LogP contribution in [0.4, 0.5) is 5.69 Å². The molecule has 25 heavy (non-hydrogen) atoms. The summed E-state index contributed by atoms with van der Waals surface area (Å²) >= 11 is 7.69. The fourth-order valence-corrected chi connectivity index (χ4v) is 4.25. The zero-order valence-electron chi connectivity index (χ0n) is 13.4. The molecule has 4 rings (SSSR count). The van der Waals surface area contributed by atoms with E-state index in [2.05, 4.69) is 11.4 Å². The van der Waals surface area contributed by atoms with E-state index in [-0.39, 0.29) is 11.8 Å². The van der Waals surface area contributed by atoms with Gasteiger partial charge in [-0.05, 0) is 46.8 Å². The molecule has 1 atom stereocenters. The van der Waals surface area contributed by atoms with Crippen LogP contribution >= 0.6 is 22.9 Å². The van der Waals surface area contributed by atoms with Crippen molar-refractivity contribution in [2.45, 2.75) is 18.9 Å². The molecular formula is C20H16ClNO2S. The van der Waals surface area contributed by atoms with Crippen LogP contribution < -0.4 is 10.1 Å². The summed E-state index contributed by atoms with van der Waals surface area (Å²) in [6.07, 6.45) is 0.464. The van der Waals surface area contributed by atoms with Gasteiger partial charge in [-0.25, -0.2) is 0 Å². The lowest BCUT2D eigenvalue weighted by atomic mass is 9.90. The van der Waals surface area contributed by atoms with Crippen molar-refractivity contribution in [2.24, 2.45) is 0 Å². The van der Waals surface area contributed by atoms with Crippen LogP contribution in [0.25, 0.3) is 0 Å². The minimum absolute atomic E-state index is 0.0566. The topological polar surface area (TPSA) is 38.3 Å². The first-order chi connectivity index (χ1) is 12.2. The van der Waals surface area contributed by atoms with Gasteiger partial charge in [0.05, 0.1) is 5.69 Å². The van der Waals surface area contributed by atoms with Crippen molar-refractivity contribution < 1.29 is 9.53 Å². The fraction of sp³-hybridized carbons (Fsp3) is 0.150. The van der Waals surface area contributed by atoms with Crippen molar-refractivity contribution in [3.8, 4) is 5.75 Å². The van der Waals surface area contributed by atoms with E-state index in [0.717, 1.165) is 22.6 Å². The lowest BCUT2D eigenvalue weighted by Gasteiger charge is -2.23. The molecule has 1 aliphatic rings. The first kappa shape index (κ1) is 16.2. The van der Waals surface area contributed by atoms with Gasteiger partial charge in [-0.1, -0.05) is 35.9 Å². The van der Waals surface area contributed by atoms with Crippen molar-refractivity contribution in [3.63, 3.8) is 0 Å². The first-order valence-corrected chi connectivity index (χ1v) is 9.29. The van der Waals surface area contributed by atoms with E-state index in [1.165, 1.54) is 4.88 Å². The number of hydrogen-bond acceptors (Lipinski definition) is 3. The summed E-state index contributed by atoms with van der Waals surface area (Å²) in [4.78, 5) is 13.2. The molecule has 2 heterocycles. The number of halogens is 1. The van der Waals surface area contributed by atoms with Crippen molar-refractivity contribution in [3.05, 3.63) is 81.0 Å². The SMILES string of the molecule is O=C1CC(c2cccc(OCc3cccc(Cl)c3)c2)c2sccc2N1. The maximum atomic E-state index is 12.0. The number of amides is 1. The Morgan fingerprint density at radius 1 is 1.16 bits per heavy atom. The molecule has 0 fully saturated rings.